The molecule has 0 saturated carbocycles. The van der Waals surface area contributed by atoms with Crippen LogP contribution in [-0.2, 0) is 24.3 Å². The summed E-state index contributed by atoms with van der Waals surface area (Å²) in [7, 11) is 0. The number of hydrogen-bond acceptors (Lipinski definition) is 16. The Bertz CT molecular complexity index is 530. The van der Waals surface area contributed by atoms with Gasteiger partial charge < -0.3 is 24.9 Å². The zero-order valence-electron chi connectivity index (χ0n) is 20.4. The Labute approximate surface area is 244 Å². The zero-order valence-corrected chi connectivity index (χ0v) is 26.1. The molecule has 212 valence electrons. The molecule has 1 amide bonds. The van der Waals surface area contributed by atoms with Gasteiger partial charge >= 0.3 is 6.09 Å². The molecule has 0 radical (unpaired) electrons. The molecular weight excluding hydrogens is 607 g/mol. The topological polar surface area (TPSA) is 120 Å². The van der Waals surface area contributed by atoms with Gasteiger partial charge in [0.05, 0.1) is 12.5 Å². The first-order valence-electron chi connectivity index (χ1n) is 10.9. The Kier molecular flexibility index (Phi) is 34.1. The van der Waals surface area contributed by atoms with E-state index in [1.807, 2.05) is 42.2 Å². The number of nitrogens with one attached hydrogen (secondary N) is 1. The predicted octanol–water partition coefficient (Wildman–Crippen LogP) is 4.56. The van der Waals surface area contributed by atoms with Gasteiger partial charge in [-0.2, -0.15) is 9.78 Å². The van der Waals surface area contributed by atoms with Crippen LogP contribution in [0.25, 0.3) is 0 Å². The Morgan fingerprint density at radius 2 is 1.44 bits per heavy atom. The normalized spacial score (nSPS) is 11.4. The van der Waals surface area contributed by atoms with Gasteiger partial charge in [-0.1, -0.05) is 0 Å². The molecule has 0 bridgehead atoms. The molecular formula is C19H37N3O7S7. The summed E-state index contributed by atoms with van der Waals surface area (Å²) in [4.78, 5) is 38.8. The van der Waals surface area contributed by atoms with Crippen LogP contribution < -0.4 is 5.32 Å². The molecule has 0 unspecified atom stereocenters. The van der Waals surface area contributed by atoms with Crippen LogP contribution in [0.5, 0.6) is 0 Å². The van der Waals surface area contributed by atoms with Gasteiger partial charge in [0.25, 0.3) is 0 Å². The molecule has 0 spiro atoms. The maximum atomic E-state index is 11.7. The maximum Gasteiger partial charge on any atom is 0.407 e. The van der Waals surface area contributed by atoms with Crippen LogP contribution in [-0.4, -0.2) is 112 Å². The minimum Gasteiger partial charge on any atom is -0.449 e. The van der Waals surface area contributed by atoms with Gasteiger partial charge in [0.15, 0.2) is 0 Å². The number of aliphatic hydroxyl groups excluding tert-OH is 1. The summed E-state index contributed by atoms with van der Waals surface area (Å²) in [5.41, 5.74) is 0. The molecule has 0 saturated heterocycles. The second-order valence-electron chi connectivity index (χ2n) is 5.77. The van der Waals surface area contributed by atoms with Crippen molar-refractivity contribution in [3.8, 4) is 0 Å². The van der Waals surface area contributed by atoms with Crippen LogP contribution in [0.15, 0.2) is 9.98 Å². The number of hydrogen-bond donors (Lipinski definition) is 2. The highest BCUT2D eigenvalue weighted by atomic mass is 32.2. The quantitative estimate of drug-likeness (QED) is 0.0310. The number of amides is 1. The van der Waals surface area contributed by atoms with Gasteiger partial charge in [-0.25, -0.2) is 4.79 Å². The lowest BCUT2D eigenvalue weighted by Crippen LogP contribution is -2.27. The molecule has 10 nitrogen and oxygen atoms in total. The van der Waals surface area contributed by atoms with E-state index in [0.29, 0.717) is 32.8 Å². The van der Waals surface area contributed by atoms with Crippen molar-refractivity contribution in [3.05, 3.63) is 0 Å². The lowest BCUT2D eigenvalue weighted by molar-refractivity contribution is -0.210. The monoisotopic (exact) mass is 643 g/mol. The average Bonchev–Trinajstić information content (AvgIpc) is 2.88. The van der Waals surface area contributed by atoms with E-state index >= 15 is 0 Å². The lowest BCUT2D eigenvalue weighted by atomic mass is 10.7. The molecule has 0 fully saturated rings. The summed E-state index contributed by atoms with van der Waals surface area (Å²) in [5.74, 6) is 3.70. The number of ether oxygens (including phenoxy) is 1. The lowest BCUT2D eigenvalue weighted by Gasteiger charge is -2.07. The standard InChI is InChI=1S/C19H37N3O7S7/c1-2-20-11-27-26-6-10-33-18-36-17-32-9-5-25-19(24)22-4-8-31-16-35-15-30-7-3-21-12-28-29-14-34-13-23/h11-12,23H,2-10,13-18H2,1H3,(H,22,24). The summed E-state index contributed by atoms with van der Waals surface area (Å²) in [6.45, 7) is 4.83. The highest BCUT2D eigenvalue weighted by Crippen LogP contribution is 2.18. The molecule has 0 aliphatic carbocycles. The van der Waals surface area contributed by atoms with E-state index in [1.54, 1.807) is 35.3 Å². The van der Waals surface area contributed by atoms with Crippen LogP contribution in [0, 0.1) is 0 Å². The fraction of sp³-hybridized carbons (Fsp3) is 0.842. The largest absolute Gasteiger partial charge is 0.449 e. The summed E-state index contributed by atoms with van der Waals surface area (Å²) in [6, 6.07) is 0. The van der Waals surface area contributed by atoms with Crippen LogP contribution in [0.2, 0.25) is 0 Å². The zero-order chi connectivity index (χ0) is 26.2. The van der Waals surface area contributed by atoms with Gasteiger partial charge in [-0.3, -0.25) is 9.98 Å². The van der Waals surface area contributed by atoms with E-state index in [1.165, 1.54) is 24.6 Å². The van der Waals surface area contributed by atoms with Crippen molar-refractivity contribution in [2.75, 3.05) is 88.1 Å². The highest BCUT2D eigenvalue weighted by Gasteiger charge is 2.01. The van der Waals surface area contributed by atoms with E-state index in [9.17, 15) is 4.79 Å². The maximum absolute atomic E-state index is 11.7. The Hall–Kier alpha value is 0.540. The van der Waals surface area contributed by atoms with Gasteiger partial charge in [-0.05, 0) is 6.92 Å². The van der Waals surface area contributed by atoms with E-state index in [-0.39, 0.29) is 18.0 Å². The molecule has 17 heteroatoms. The number of aliphatic hydroxyl groups is 1. The van der Waals surface area contributed by atoms with Crippen molar-refractivity contribution in [2.45, 2.75) is 6.92 Å². The van der Waals surface area contributed by atoms with Gasteiger partial charge in [0.1, 0.15) is 19.2 Å². The van der Waals surface area contributed by atoms with Crippen LogP contribution in [0.4, 0.5) is 4.79 Å². The number of thioether (sulfide) groups is 7. The van der Waals surface area contributed by atoms with E-state index in [4.69, 9.17) is 29.4 Å². The van der Waals surface area contributed by atoms with E-state index in [2.05, 4.69) is 15.3 Å². The number of aliphatic imine (C=N–C) groups is 2. The number of rotatable bonds is 28. The minimum atomic E-state index is -0.351. The first-order valence-corrected chi connectivity index (χ1v) is 19.0. The first kappa shape index (κ1) is 36.5. The Morgan fingerprint density at radius 3 is 2.17 bits per heavy atom. The number of nitrogens with zero attached hydrogens (tertiary/aromatic N) is 2. The molecule has 0 atom stereocenters. The van der Waals surface area contributed by atoms with Crippen molar-refractivity contribution < 1.29 is 34.2 Å². The first-order chi connectivity index (χ1) is 17.8. The predicted molar refractivity (Wildman–Crippen MR) is 165 cm³/mol. The number of carbonyl (C=O) groups is 1. The third-order valence-electron chi connectivity index (χ3n) is 3.10. The van der Waals surface area contributed by atoms with E-state index in [0.717, 1.165) is 43.4 Å². The smallest absolute Gasteiger partial charge is 0.407 e. The van der Waals surface area contributed by atoms with E-state index < -0.39 is 0 Å². The second-order valence-corrected chi connectivity index (χ2v) is 14.5. The van der Waals surface area contributed by atoms with Gasteiger partial charge in [-0.15, -0.1) is 82.3 Å². The molecule has 36 heavy (non-hydrogen) atoms. The summed E-state index contributed by atoms with van der Waals surface area (Å²) in [6.07, 6.45) is 2.24. The second kappa shape index (κ2) is 33.6. The van der Waals surface area contributed by atoms with Gasteiger partial charge in [0.2, 0.25) is 12.8 Å². The van der Waals surface area contributed by atoms with Crippen LogP contribution >= 0.6 is 82.3 Å². The fourth-order valence-electron chi connectivity index (χ4n) is 1.62. The molecule has 0 rings (SSSR count). The van der Waals surface area contributed by atoms with Crippen molar-refractivity contribution in [3.63, 3.8) is 0 Å². The molecule has 0 aromatic rings. The van der Waals surface area contributed by atoms with Crippen molar-refractivity contribution in [2.24, 2.45) is 9.98 Å². The van der Waals surface area contributed by atoms with Crippen molar-refractivity contribution >= 4 is 101 Å². The molecule has 0 heterocycles. The molecule has 0 aliphatic rings. The number of carbonyl (C=O) groups excluding carboxylic acids is 1. The third kappa shape index (κ3) is 32.6. The van der Waals surface area contributed by atoms with Crippen molar-refractivity contribution in [1.29, 1.82) is 0 Å². The highest BCUT2D eigenvalue weighted by molar-refractivity contribution is 8.23. The molecule has 2 N–H and O–H groups in total. The summed E-state index contributed by atoms with van der Waals surface area (Å²) in [5, 5.41) is 15.3. The summed E-state index contributed by atoms with van der Waals surface area (Å²) < 4.78 is 5.18. The molecule has 0 aliphatic heterocycles. The Morgan fingerprint density at radius 1 is 0.806 bits per heavy atom. The van der Waals surface area contributed by atoms with Crippen LogP contribution in [0.1, 0.15) is 6.92 Å². The minimum absolute atomic E-state index is 0.00129. The van der Waals surface area contributed by atoms with Crippen LogP contribution in [0.3, 0.4) is 0 Å². The fourth-order valence-corrected chi connectivity index (χ4v) is 8.22. The van der Waals surface area contributed by atoms with Gasteiger partial charge in [0, 0.05) is 56.4 Å². The molecule has 0 aromatic carbocycles. The Balaban J connectivity index is 3.19. The average molecular weight is 644 g/mol. The molecule has 0 aromatic heterocycles. The van der Waals surface area contributed by atoms with Crippen molar-refractivity contribution in [1.82, 2.24) is 5.32 Å². The SMILES string of the molecule is CCN=COOCCSCSCSCCOC(=O)NCCSCSCSCCN=COOCSCO. The third-order valence-corrected chi connectivity index (χ3v) is 10.7. The summed E-state index contributed by atoms with van der Waals surface area (Å²) >= 11 is 12.0. The number of alkyl carbamates (subject to hydrolysis) is 1.